The molecule has 1 aromatic rings. The van der Waals surface area contributed by atoms with Crippen molar-refractivity contribution < 1.29 is 9.21 Å². The molecule has 104 valence electrons. The number of piperazine rings is 1. The summed E-state index contributed by atoms with van der Waals surface area (Å²) in [6, 6.07) is 3.96. The van der Waals surface area contributed by atoms with Gasteiger partial charge in [0, 0.05) is 44.4 Å². The van der Waals surface area contributed by atoms with Gasteiger partial charge in [0.05, 0.1) is 0 Å². The molecule has 1 fully saturated rings. The predicted octanol–water partition coefficient (Wildman–Crippen LogP) is 1.43. The van der Waals surface area contributed by atoms with Crippen LogP contribution in [0.25, 0.3) is 6.08 Å². The van der Waals surface area contributed by atoms with E-state index < -0.39 is 0 Å². The van der Waals surface area contributed by atoms with E-state index in [1.54, 1.807) is 24.3 Å². The van der Waals surface area contributed by atoms with Crippen molar-refractivity contribution >= 4 is 17.9 Å². The van der Waals surface area contributed by atoms with E-state index in [0.29, 0.717) is 17.7 Å². The second-order valence-corrected chi connectivity index (χ2v) is 5.03. The first-order valence-electron chi connectivity index (χ1n) is 6.62. The summed E-state index contributed by atoms with van der Waals surface area (Å²) in [5.74, 6) is 0.989. The van der Waals surface area contributed by atoms with Crippen LogP contribution in [0.1, 0.15) is 19.6 Å². The van der Waals surface area contributed by atoms with Crippen LogP contribution >= 0.6 is 0 Å². The Bertz CT molecular complexity index is 457. The summed E-state index contributed by atoms with van der Waals surface area (Å²) in [7, 11) is 0. The predicted molar refractivity (Wildman–Crippen MR) is 75.4 cm³/mol. The highest BCUT2D eigenvalue weighted by molar-refractivity contribution is 5.91. The van der Waals surface area contributed by atoms with Crippen LogP contribution < -0.4 is 5.73 Å². The molecule has 2 heterocycles. The zero-order chi connectivity index (χ0) is 13.8. The molecule has 1 aliphatic heterocycles. The van der Waals surface area contributed by atoms with Gasteiger partial charge in [-0.25, -0.2) is 0 Å². The van der Waals surface area contributed by atoms with E-state index in [1.807, 2.05) is 4.90 Å². The van der Waals surface area contributed by atoms with E-state index in [0.717, 1.165) is 26.2 Å². The minimum Gasteiger partial charge on any atom is -0.442 e. The molecule has 1 saturated heterocycles. The topological polar surface area (TPSA) is 62.7 Å². The van der Waals surface area contributed by atoms with Crippen LogP contribution in [0.5, 0.6) is 0 Å². The fourth-order valence-corrected chi connectivity index (χ4v) is 2.18. The van der Waals surface area contributed by atoms with E-state index in [2.05, 4.69) is 18.7 Å². The van der Waals surface area contributed by atoms with Gasteiger partial charge in [-0.2, -0.15) is 0 Å². The summed E-state index contributed by atoms with van der Waals surface area (Å²) in [6.07, 6.45) is 3.21. The lowest BCUT2D eigenvalue weighted by molar-refractivity contribution is -0.127. The van der Waals surface area contributed by atoms with Crippen LogP contribution in [0.4, 0.5) is 5.88 Å². The van der Waals surface area contributed by atoms with Crippen molar-refractivity contribution in [3.8, 4) is 0 Å². The maximum absolute atomic E-state index is 12.0. The van der Waals surface area contributed by atoms with Crippen molar-refractivity contribution in [2.75, 3.05) is 31.9 Å². The number of furan rings is 1. The van der Waals surface area contributed by atoms with Crippen LogP contribution in [0.15, 0.2) is 22.6 Å². The zero-order valence-electron chi connectivity index (χ0n) is 11.5. The SMILES string of the molecule is CC(C)N1CCN(C(=O)/C=C/c2ccc(N)o2)CC1. The van der Waals surface area contributed by atoms with Crippen molar-refractivity contribution in [3.05, 3.63) is 24.0 Å². The van der Waals surface area contributed by atoms with Gasteiger partial charge in [-0.1, -0.05) is 0 Å². The minimum atomic E-state index is 0.0263. The monoisotopic (exact) mass is 263 g/mol. The fraction of sp³-hybridized carbons (Fsp3) is 0.500. The van der Waals surface area contributed by atoms with Gasteiger partial charge in [-0.05, 0) is 26.0 Å². The molecular weight excluding hydrogens is 242 g/mol. The largest absolute Gasteiger partial charge is 0.442 e. The number of hydrogen-bond acceptors (Lipinski definition) is 4. The van der Waals surface area contributed by atoms with Gasteiger partial charge >= 0.3 is 0 Å². The van der Waals surface area contributed by atoms with Gasteiger partial charge in [-0.3, -0.25) is 9.69 Å². The number of anilines is 1. The number of rotatable bonds is 3. The Morgan fingerprint density at radius 2 is 2.00 bits per heavy atom. The van der Waals surface area contributed by atoms with Gasteiger partial charge in [0.2, 0.25) is 5.91 Å². The third-order valence-corrected chi connectivity index (χ3v) is 3.39. The Morgan fingerprint density at radius 1 is 1.32 bits per heavy atom. The van der Waals surface area contributed by atoms with Crippen LogP contribution in [0.2, 0.25) is 0 Å². The van der Waals surface area contributed by atoms with Crippen molar-refractivity contribution in [2.24, 2.45) is 0 Å². The summed E-state index contributed by atoms with van der Waals surface area (Å²) < 4.78 is 5.18. The van der Waals surface area contributed by atoms with E-state index in [9.17, 15) is 4.79 Å². The minimum absolute atomic E-state index is 0.0263. The molecule has 1 amide bonds. The number of hydrogen-bond donors (Lipinski definition) is 1. The zero-order valence-corrected chi connectivity index (χ0v) is 11.5. The molecule has 0 unspecified atom stereocenters. The molecule has 5 nitrogen and oxygen atoms in total. The second kappa shape index (κ2) is 5.93. The molecule has 0 aromatic carbocycles. The van der Waals surface area contributed by atoms with Crippen LogP contribution in [-0.4, -0.2) is 47.9 Å². The highest BCUT2D eigenvalue weighted by atomic mass is 16.3. The van der Waals surface area contributed by atoms with Gasteiger partial charge < -0.3 is 15.1 Å². The third-order valence-electron chi connectivity index (χ3n) is 3.39. The lowest BCUT2D eigenvalue weighted by atomic mass is 10.2. The molecule has 0 atom stereocenters. The number of nitrogens with zero attached hydrogens (tertiary/aromatic N) is 2. The van der Waals surface area contributed by atoms with Gasteiger partial charge in [0.15, 0.2) is 5.88 Å². The lowest BCUT2D eigenvalue weighted by Gasteiger charge is -2.36. The first-order chi connectivity index (χ1) is 9.06. The maximum Gasteiger partial charge on any atom is 0.246 e. The first-order valence-corrected chi connectivity index (χ1v) is 6.62. The van der Waals surface area contributed by atoms with Crippen LogP contribution in [0.3, 0.4) is 0 Å². The van der Waals surface area contributed by atoms with Gasteiger partial charge in [0.25, 0.3) is 0 Å². The number of carbonyl (C=O) groups excluding carboxylic acids is 1. The smallest absolute Gasteiger partial charge is 0.246 e. The van der Waals surface area contributed by atoms with Gasteiger partial charge in [0.1, 0.15) is 5.76 Å². The summed E-state index contributed by atoms with van der Waals surface area (Å²) in [4.78, 5) is 16.2. The average molecular weight is 263 g/mol. The van der Waals surface area contributed by atoms with E-state index >= 15 is 0 Å². The number of nitrogen functional groups attached to an aromatic ring is 1. The molecular formula is C14H21N3O2. The lowest BCUT2D eigenvalue weighted by Crippen LogP contribution is -2.50. The summed E-state index contributed by atoms with van der Waals surface area (Å²) in [6.45, 7) is 7.79. The van der Waals surface area contributed by atoms with E-state index in [-0.39, 0.29) is 5.91 Å². The van der Waals surface area contributed by atoms with E-state index in [1.165, 1.54) is 0 Å². The van der Waals surface area contributed by atoms with Crippen molar-refractivity contribution in [1.82, 2.24) is 9.80 Å². The number of carbonyl (C=O) groups is 1. The quantitative estimate of drug-likeness (QED) is 0.838. The molecule has 2 rings (SSSR count). The maximum atomic E-state index is 12.0. The molecule has 0 radical (unpaired) electrons. The Kier molecular flexibility index (Phi) is 4.27. The molecule has 0 spiro atoms. The first kappa shape index (κ1) is 13.7. The summed E-state index contributed by atoms with van der Waals surface area (Å²) in [5, 5.41) is 0. The number of nitrogens with two attached hydrogens (primary N) is 1. The molecule has 2 N–H and O–H groups in total. The summed E-state index contributed by atoms with van der Waals surface area (Å²) in [5.41, 5.74) is 5.47. The highest BCUT2D eigenvalue weighted by Crippen LogP contribution is 2.11. The number of amides is 1. The molecule has 19 heavy (non-hydrogen) atoms. The average Bonchev–Trinajstić information content (AvgIpc) is 2.82. The Hall–Kier alpha value is -1.75. The Labute approximate surface area is 113 Å². The molecule has 1 aromatic heterocycles. The van der Waals surface area contributed by atoms with Crippen molar-refractivity contribution in [2.45, 2.75) is 19.9 Å². The van der Waals surface area contributed by atoms with Crippen molar-refractivity contribution in [1.29, 1.82) is 0 Å². The molecule has 0 aliphatic carbocycles. The van der Waals surface area contributed by atoms with Crippen LogP contribution in [0, 0.1) is 0 Å². The van der Waals surface area contributed by atoms with E-state index in [4.69, 9.17) is 10.2 Å². The molecule has 0 bridgehead atoms. The second-order valence-electron chi connectivity index (χ2n) is 5.03. The Balaban J connectivity index is 1.86. The molecule has 1 aliphatic rings. The van der Waals surface area contributed by atoms with Crippen molar-refractivity contribution in [3.63, 3.8) is 0 Å². The normalized spacial score (nSPS) is 17.5. The fourth-order valence-electron chi connectivity index (χ4n) is 2.18. The molecule has 5 heteroatoms. The van der Waals surface area contributed by atoms with Gasteiger partial charge in [-0.15, -0.1) is 0 Å². The standard InChI is InChI=1S/C14H21N3O2/c1-11(2)16-7-9-17(10-8-16)14(18)6-4-12-3-5-13(15)19-12/h3-6,11H,7-10,15H2,1-2H3/b6-4+. The third kappa shape index (κ3) is 3.61. The summed E-state index contributed by atoms with van der Waals surface area (Å²) >= 11 is 0. The highest BCUT2D eigenvalue weighted by Gasteiger charge is 2.20. The Morgan fingerprint density at radius 3 is 2.53 bits per heavy atom. The molecule has 0 saturated carbocycles. The van der Waals surface area contributed by atoms with Crippen LogP contribution in [-0.2, 0) is 4.79 Å².